The van der Waals surface area contributed by atoms with E-state index in [1.54, 1.807) is 125 Å². The van der Waals surface area contributed by atoms with Gasteiger partial charge in [-0.25, -0.2) is 0 Å². The molecule has 16 N–H and O–H groups in total. The molecule has 0 bridgehead atoms. The molecule has 0 aliphatic carbocycles. The minimum absolute atomic E-state index is 0.123. The quantitative estimate of drug-likeness (QED) is 0.0130. The maximum atomic E-state index is 13.3. The van der Waals surface area contributed by atoms with Gasteiger partial charge in [0.25, 0.3) is 23.6 Å². The fourth-order valence-electron chi connectivity index (χ4n) is 12.1. The Morgan fingerprint density at radius 1 is 0.569 bits per heavy atom. The van der Waals surface area contributed by atoms with Gasteiger partial charge in [0.2, 0.25) is 0 Å². The van der Waals surface area contributed by atoms with Crippen LogP contribution in [-0.4, -0.2) is 292 Å². The molecule has 4 saturated heterocycles. The van der Waals surface area contributed by atoms with Crippen molar-refractivity contribution in [2.45, 2.75) is 57.9 Å². The molecular weight excluding hydrogens is 1680 g/mol. The second-order valence-corrected chi connectivity index (χ2v) is 30.0. The largest absolute Gasteiger partial charge is 0.773 e. The zero-order valence-electron chi connectivity index (χ0n) is 64.4. The molecule has 5 aromatic carbocycles. The summed E-state index contributed by atoms with van der Waals surface area (Å²) in [5.74, 6) is -1.93. The summed E-state index contributed by atoms with van der Waals surface area (Å²) in [5.41, 5.74) is 5.03. The number of amides is 4. The number of carbonyl (C=O) groups is 4. The van der Waals surface area contributed by atoms with E-state index in [4.69, 9.17) is 133 Å². The van der Waals surface area contributed by atoms with E-state index in [-0.39, 0.29) is 81.4 Å². The second kappa shape index (κ2) is 54.1. The van der Waals surface area contributed by atoms with Crippen LogP contribution in [0.15, 0.2) is 170 Å². The molecule has 116 heavy (non-hydrogen) atoms. The van der Waals surface area contributed by atoms with E-state index in [0.717, 1.165) is 84.3 Å². The number of anilines is 4. The first-order valence-electron chi connectivity index (χ1n) is 36.2. The summed E-state index contributed by atoms with van der Waals surface area (Å²) in [5, 5.41) is 106. The minimum Gasteiger partial charge on any atom is -0.773 e. The molecule has 5 atom stereocenters. The minimum atomic E-state index is -1.86. The van der Waals surface area contributed by atoms with Crippen molar-refractivity contribution in [1.29, 1.82) is 21.6 Å². The van der Waals surface area contributed by atoms with Crippen molar-refractivity contribution in [3.05, 3.63) is 196 Å². The van der Waals surface area contributed by atoms with E-state index in [1.807, 2.05) is 35.1 Å². The van der Waals surface area contributed by atoms with Gasteiger partial charge in [-0.05, 0) is 112 Å². The van der Waals surface area contributed by atoms with Gasteiger partial charge in [0.1, 0.15) is 20.8 Å². The van der Waals surface area contributed by atoms with Crippen LogP contribution < -0.4 is 31.9 Å². The van der Waals surface area contributed by atoms with Crippen LogP contribution in [0.4, 0.5) is 22.7 Å². The van der Waals surface area contributed by atoms with E-state index in [0.29, 0.717) is 100 Å². The Kier molecular flexibility index (Phi) is 47.2. The molecule has 626 valence electrons. The Bertz CT molecular complexity index is 4100. The van der Waals surface area contributed by atoms with E-state index in [1.165, 1.54) is 18.6 Å². The monoisotopic (exact) mass is 1770 g/mol. The first kappa shape index (κ1) is 101. The molecule has 5 aliphatic rings. The van der Waals surface area contributed by atoms with Crippen molar-refractivity contribution in [3.8, 4) is 0 Å². The normalized spacial score (nSPS) is 18.1. The molecule has 10 rings (SSSR count). The van der Waals surface area contributed by atoms with Gasteiger partial charge in [-0.1, -0.05) is 158 Å². The van der Waals surface area contributed by atoms with Crippen LogP contribution in [0.1, 0.15) is 5.56 Å². The Hall–Kier alpha value is -7.13. The van der Waals surface area contributed by atoms with Gasteiger partial charge in [-0.15, -0.1) is 0 Å². The summed E-state index contributed by atoms with van der Waals surface area (Å²) in [6.45, 7) is 15.3. The number of nitrogens with one attached hydrogen (secondary N) is 10. The molecule has 4 amide bonds. The van der Waals surface area contributed by atoms with Crippen LogP contribution in [0.3, 0.4) is 0 Å². The molecule has 5 aliphatic heterocycles. The van der Waals surface area contributed by atoms with E-state index >= 15 is 0 Å². The Morgan fingerprint density at radius 3 is 1.34 bits per heavy atom. The Morgan fingerprint density at radius 2 is 0.974 bits per heavy atom. The second-order valence-electron chi connectivity index (χ2n) is 25.9. The Labute approximate surface area is 720 Å². The van der Waals surface area contributed by atoms with E-state index in [2.05, 4.69) is 53.8 Å². The Balaban J connectivity index is 0.000000308. The molecular formula is C73H96B4Cl8N17O13S-. The number of aliphatic hydroxyl groups is 3. The predicted octanol–water partition coefficient (Wildman–Crippen LogP) is 7.47. The molecule has 0 radical (unpaired) electrons. The number of carbonyl (C=O) groups excluding carboxylic acids is 4. The number of nitrogens with zero attached hydrogens (tertiary/aromatic N) is 7. The maximum absolute atomic E-state index is 13.3. The summed E-state index contributed by atoms with van der Waals surface area (Å²) in [6, 6.07) is 36.9. The van der Waals surface area contributed by atoms with Crippen LogP contribution in [0.5, 0.6) is 0 Å². The summed E-state index contributed by atoms with van der Waals surface area (Å²) in [6.07, 6.45) is 6.03. The summed E-state index contributed by atoms with van der Waals surface area (Å²) in [7, 11) is -0.924. The van der Waals surface area contributed by atoms with Crippen LogP contribution in [-0.2, 0) is 41.4 Å². The van der Waals surface area contributed by atoms with Crippen molar-refractivity contribution in [2.75, 3.05) is 139 Å². The van der Waals surface area contributed by atoms with Crippen molar-refractivity contribution in [2.24, 2.45) is 0 Å². The molecule has 0 spiro atoms. The predicted molar refractivity (Wildman–Crippen MR) is 469 cm³/mol. The number of fused-ring (bicyclic) bond motifs is 1. The van der Waals surface area contributed by atoms with Gasteiger partial charge in [0.15, 0.2) is 0 Å². The van der Waals surface area contributed by atoms with E-state index in [9.17, 15) is 44.5 Å². The third-order valence-electron chi connectivity index (χ3n) is 17.7. The number of hydrogen-bond acceptors (Lipinski definition) is 26. The molecule has 43 heteroatoms. The van der Waals surface area contributed by atoms with Gasteiger partial charge in [-0.3, -0.25) is 23.4 Å². The average Bonchev–Trinajstić information content (AvgIpc) is 0.781. The van der Waals surface area contributed by atoms with Crippen molar-refractivity contribution in [1.82, 2.24) is 44.7 Å². The van der Waals surface area contributed by atoms with Crippen LogP contribution in [0, 0.1) is 21.6 Å². The zero-order valence-corrected chi connectivity index (χ0v) is 71.2. The molecule has 0 saturated carbocycles. The summed E-state index contributed by atoms with van der Waals surface area (Å²) >= 11 is 45.4. The molecule has 30 nitrogen and oxygen atoms in total. The zero-order chi connectivity index (χ0) is 86.1. The number of piperazine rings is 4. The molecule has 4 fully saturated rings. The summed E-state index contributed by atoms with van der Waals surface area (Å²) < 4.78 is 26.8. The first-order valence-corrected chi connectivity index (χ1v) is 40.7. The number of halogens is 8. The number of allylic oxidation sites excluding steroid dienone is 4. The molecule has 5 unspecified atom stereocenters. The average molecular weight is 1780 g/mol. The molecule has 5 aromatic rings. The third kappa shape index (κ3) is 34.3. The molecule has 0 aromatic heterocycles. The van der Waals surface area contributed by atoms with Crippen molar-refractivity contribution in [3.63, 3.8) is 0 Å². The number of rotatable bonds is 23. The molecule has 5 heterocycles. The fourth-order valence-corrected chi connectivity index (χ4v) is 13.4. The summed E-state index contributed by atoms with van der Waals surface area (Å²) in [4.78, 5) is 63.0. The van der Waals surface area contributed by atoms with Gasteiger partial charge in [-0.2, -0.15) is 0 Å². The van der Waals surface area contributed by atoms with Crippen molar-refractivity contribution < 1.29 is 63.0 Å². The number of hydrogen-bond donors (Lipinski definition) is 16. The maximum Gasteiger partial charge on any atom is 0.274 e. The van der Waals surface area contributed by atoms with Gasteiger partial charge >= 0.3 is 39.8 Å². The van der Waals surface area contributed by atoms with Gasteiger partial charge in [0.05, 0.1) is 60.1 Å². The number of aliphatic hydroxyl groups excluding tert-OH is 3. The van der Waals surface area contributed by atoms with Gasteiger partial charge < -0.3 is 123 Å². The first-order chi connectivity index (χ1) is 55.3. The van der Waals surface area contributed by atoms with Crippen molar-refractivity contribution >= 4 is 203 Å². The third-order valence-corrected chi connectivity index (χ3v) is 20.1. The van der Waals surface area contributed by atoms with Crippen LogP contribution in [0.2, 0.25) is 47.4 Å². The van der Waals surface area contributed by atoms with Crippen LogP contribution in [0.25, 0.3) is 0 Å². The smallest absolute Gasteiger partial charge is 0.274 e. The van der Waals surface area contributed by atoms with Gasteiger partial charge in [0, 0.05) is 165 Å². The topological polar surface area (TPSA) is 437 Å². The standard InChI is InChI=1S/C23H26ClN5O.2C16H21BCl2N4O3.C10H7Cl3N2O.C6H15BN2O2.CH3BO.CH4O2S/c24-18-7-4-8-19(13-18)27-23(30)22-21(14-25)29-12-10-26-15-20(29)16-28(22)11-9-17-5-2-1-3-6-17;2*1-17(26)22-5-6-23(13(9-22)10-24)14(8-20)15(19)16(25)21-12-4-2-3-11(18)7-12;11-6-2-1-3-7(4-6)15-10(16)9(13)8(12)5-14;1-7(11)9-3-2-8-6(4-9)5-10;1-2-3;1-4(2)3/h1-8,13-14,20,25-26H,9-12,15-16H2,(H,27,30);2*2-4,7-8,13,20,24,26H,5-6,9-10H2,1H3,(H,21,25);1-5,14H,(H,15,16);6,8,10-11H,2-5H2,1H3;1H3;1H3,(H,2,3)/p-1/b;2*15-14-,20-8?;9-8-,14-5?;;;. The number of benzene rings is 5. The fraction of sp³-hybridized carbons (Fsp3) is 0.370. The SMILES string of the molecule is CB(O)N1CCN(/C(C=N)=C(\Cl)C(=O)Nc2cccc(Cl)c2)C(CO)C1.CB(O)N1CCN(/C(C=N)=C(\Cl)C(=O)Nc2cccc(Cl)c2)C(CO)C1.CB(O)N1CCNC(CO)C1.CB=O.CS(=O)[O-].N=C/C(Cl)=C(/Cl)C(=O)Nc1cccc(Cl)c1.N=CC1=C(C(=O)Nc2cccc(Cl)c2)N(CCc2ccccc2)CC2CNCCN12. The van der Waals surface area contributed by atoms with E-state index < -0.39 is 50.0 Å². The van der Waals surface area contributed by atoms with Crippen LogP contribution >= 0.6 is 92.8 Å².